The number of nitrogens with one attached hydrogen (secondary N) is 1. The van der Waals surface area contributed by atoms with Crippen LogP contribution in [0.5, 0.6) is 0 Å². The molecule has 1 aliphatic carbocycles. The van der Waals surface area contributed by atoms with Crippen LogP contribution in [0.1, 0.15) is 72.1 Å². The number of aryl methyl sites for hydroxylation is 1. The van der Waals surface area contributed by atoms with Crippen molar-refractivity contribution >= 4 is 17.6 Å². The second-order valence-electron chi connectivity index (χ2n) is 13.3. The van der Waals surface area contributed by atoms with E-state index in [1.54, 1.807) is 0 Å². The summed E-state index contributed by atoms with van der Waals surface area (Å²) in [5, 5.41) is 14.4. The van der Waals surface area contributed by atoms with Crippen molar-refractivity contribution in [3.05, 3.63) is 35.2 Å². The quantitative estimate of drug-likeness (QED) is 0.369. The van der Waals surface area contributed by atoms with Gasteiger partial charge in [0.15, 0.2) is 5.69 Å². The number of nitrogens with zero attached hydrogens (tertiary/aromatic N) is 8. The molecule has 260 valence electrons. The third-order valence-electron chi connectivity index (χ3n) is 10.2. The Hall–Kier alpha value is -3.87. The zero-order valence-corrected chi connectivity index (χ0v) is 25.9. The summed E-state index contributed by atoms with van der Waals surface area (Å²) in [6.45, 7) is 0.425. The molecule has 48 heavy (non-hydrogen) atoms. The number of hydrogen-bond donors (Lipinski definition) is 1. The van der Waals surface area contributed by atoms with Gasteiger partial charge in [-0.2, -0.15) is 22.7 Å². The molecule has 6 heterocycles. The van der Waals surface area contributed by atoms with Crippen LogP contribution in [0.4, 0.5) is 26.3 Å². The van der Waals surface area contributed by atoms with Gasteiger partial charge < -0.3 is 15.0 Å². The van der Waals surface area contributed by atoms with Gasteiger partial charge in [0.25, 0.3) is 11.7 Å². The number of alkyl halides is 6. The number of amides is 2. The zero-order chi connectivity index (χ0) is 34.1. The standard InChI is InChI=1S/C29H33F6N9O4/c1-16-21(41-48-40-16)23(45)39-22(17-2-4-27(30,31)5-3-17)19-11-44-25(37-19)38-20(10-36-44)26(6-8-42(9-7-26)18-12-47-13-18)24(46)43-14-28(32,33)29(34,35)15-43/h10-11,17-18,22H,2-9,12-15H2,1H3,(H,39,45)/t22-/m0/s1. The van der Waals surface area contributed by atoms with E-state index in [1.165, 1.54) is 23.8 Å². The van der Waals surface area contributed by atoms with Crippen molar-refractivity contribution in [2.45, 2.75) is 80.7 Å². The molecule has 3 aromatic rings. The highest BCUT2D eigenvalue weighted by Crippen LogP contribution is 2.45. The Morgan fingerprint density at radius 1 is 0.958 bits per heavy atom. The lowest BCUT2D eigenvalue weighted by molar-refractivity contribution is -0.172. The number of carbonyl (C=O) groups excluding carboxylic acids is 2. The average Bonchev–Trinajstić information content (AvgIpc) is 3.69. The van der Waals surface area contributed by atoms with E-state index in [1.807, 2.05) is 0 Å². The minimum absolute atomic E-state index is 0.0127. The van der Waals surface area contributed by atoms with Crippen LogP contribution in [0.3, 0.4) is 0 Å². The van der Waals surface area contributed by atoms with Gasteiger partial charge in [-0.15, -0.1) is 0 Å². The van der Waals surface area contributed by atoms with E-state index < -0.39 is 60.0 Å². The first-order valence-electron chi connectivity index (χ1n) is 15.8. The lowest BCUT2D eigenvalue weighted by atomic mass is 9.74. The molecule has 7 rings (SSSR count). The van der Waals surface area contributed by atoms with Crippen LogP contribution in [0.15, 0.2) is 17.0 Å². The second kappa shape index (κ2) is 11.6. The number of aromatic nitrogens is 6. The zero-order valence-electron chi connectivity index (χ0n) is 25.9. The predicted molar refractivity (Wildman–Crippen MR) is 150 cm³/mol. The number of fused-ring (bicyclic) bond motifs is 1. The van der Waals surface area contributed by atoms with E-state index in [-0.39, 0.29) is 73.1 Å². The van der Waals surface area contributed by atoms with Crippen LogP contribution in [0.25, 0.3) is 5.78 Å². The summed E-state index contributed by atoms with van der Waals surface area (Å²) in [4.78, 5) is 39.0. The van der Waals surface area contributed by atoms with Crippen LogP contribution in [0.2, 0.25) is 0 Å². The van der Waals surface area contributed by atoms with E-state index in [0.717, 1.165) is 0 Å². The molecule has 3 aliphatic heterocycles. The van der Waals surface area contributed by atoms with Crippen molar-refractivity contribution in [2.24, 2.45) is 5.92 Å². The Labute approximate surface area is 269 Å². The molecular formula is C29H33F6N9O4. The number of carbonyl (C=O) groups is 2. The first-order chi connectivity index (χ1) is 22.7. The Balaban J connectivity index is 1.22. The van der Waals surface area contributed by atoms with Crippen LogP contribution in [0, 0.1) is 12.8 Å². The molecule has 13 nitrogen and oxygen atoms in total. The fourth-order valence-corrected chi connectivity index (χ4v) is 7.15. The number of ether oxygens (including phenoxy) is 1. The summed E-state index contributed by atoms with van der Waals surface area (Å²) < 4.78 is 96.3. The highest BCUT2D eigenvalue weighted by atomic mass is 19.3. The fourth-order valence-electron chi connectivity index (χ4n) is 7.15. The summed E-state index contributed by atoms with van der Waals surface area (Å²) in [6.07, 6.45) is 2.38. The fraction of sp³-hybridized carbons (Fsp3) is 0.690. The van der Waals surface area contributed by atoms with Gasteiger partial charge in [-0.25, -0.2) is 27.9 Å². The summed E-state index contributed by atoms with van der Waals surface area (Å²) >= 11 is 0. The maximum absolute atomic E-state index is 14.2. The smallest absolute Gasteiger partial charge is 0.329 e. The molecule has 1 saturated carbocycles. The molecule has 3 aromatic heterocycles. The molecule has 3 saturated heterocycles. The van der Waals surface area contributed by atoms with Crippen molar-refractivity contribution in [2.75, 3.05) is 39.4 Å². The van der Waals surface area contributed by atoms with Crippen molar-refractivity contribution in [3.8, 4) is 0 Å². The maximum Gasteiger partial charge on any atom is 0.329 e. The number of likely N-dealkylation sites (tertiary alicyclic amines) is 2. The minimum Gasteiger partial charge on any atom is -0.378 e. The molecular weight excluding hydrogens is 652 g/mol. The van der Waals surface area contributed by atoms with Gasteiger partial charge in [-0.3, -0.25) is 14.5 Å². The third-order valence-corrected chi connectivity index (χ3v) is 10.2. The van der Waals surface area contributed by atoms with Gasteiger partial charge in [0.1, 0.15) is 5.69 Å². The van der Waals surface area contributed by atoms with Gasteiger partial charge in [-0.05, 0) is 43.7 Å². The van der Waals surface area contributed by atoms with Crippen molar-refractivity contribution in [1.29, 1.82) is 0 Å². The Morgan fingerprint density at radius 2 is 1.62 bits per heavy atom. The summed E-state index contributed by atoms with van der Waals surface area (Å²) in [5.74, 6) is -13.6. The lowest BCUT2D eigenvalue weighted by Crippen LogP contribution is -2.58. The van der Waals surface area contributed by atoms with E-state index in [9.17, 15) is 35.9 Å². The van der Waals surface area contributed by atoms with Crippen LogP contribution < -0.4 is 5.32 Å². The molecule has 0 spiro atoms. The average molecular weight is 686 g/mol. The van der Waals surface area contributed by atoms with E-state index in [2.05, 4.69) is 40.2 Å². The first-order valence-corrected chi connectivity index (χ1v) is 15.8. The van der Waals surface area contributed by atoms with Crippen molar-refractivity contribution < 1.29 is 45.3 Å². The van der Waals surface area contributed by atoms with Crippen LogP contribution in [-0.2, 0) is 14.9 Å². The molecule has 4 aliphatic rings. The SMILES string of the molecule is Cc1nonc1C(=O)N[C@H](c1cn2ncc(C3(C(=O)N4CC(F)(F)C(F)(F)C4)CCN(C4COC4)CC3)nc2n1)C1CCC(F)(F)CC1. The maximum atomic E-state index is 14.2. The van der Waals surface area contributed by atoms with Gasteiger partial charge in [0, 0.05) is 25.9 Å². The number of hydrogen-bond acceptors (Lipinski definition) is 10. The number of imidazole rings is 1. The molecule has 0 aromatic carbocycles. The highest BCUT2D eigenvalue weighted by Gasteiger charge is 2.65. The summed E-state index contributed by atoms with van der Waals surface area (Å²) in [7, 11) is 0. The van der Waals surface area contributed by atoms with E-state index >= 15 is 0 Å². The molecule has 2 amide bonds. The Morgan fingerprint density at radius 3 is 2.21 bits per heavy atom. The highest BCUT2D eigenvalue weighted by molar-refractivity contribution is 5.93. The Kier molecular flexibility index (Phi) is 7.92. The molecule has 1 atom stereocenters. The first kappa shape index (κ1) is 32.7. The van der Waals surface area contributed by atoms with Gasteiger partial charge in [-0.1, -0.05) is 5.16 Å². The van der Waals surface area contributed by atoms with Crippen molar-refractivity contribution in [3.63, 3.8) is 0 Å². The Bertz CT molecular complexity index is 1680. The monoisotopic (exact) mass is 685 g/mol. The third kappa shape index (κ3) is 5.67. The van der Waals surface area contributed by atoms with Gasteiger partial charge in [0.2, 0.25) is 11.8 Å². The molecule has 0 bridgehead atoms. The molecule has 1 N–H and O–H groups in total. The second-order valence-corrected chi connectivity index (χ2v) is 13.3. The molecule has 4 fully saturated rings. The minimum atomic E-state index is -4.38. The molecule has 19 heteroatoms. The van der Waals surface area contributed by atoms with E-state index in [0.29, 0.717) is 31.2 Å². The largest absolute Gasteiger partial charge is 0.378 e. The van der Waals surface area contributed by atoms with Crippen molar-refractivity contribution in [1.82, 2.24) is 45.0 Å². The topological polar surface area (TPSA) is 144 Å². The van der Waals surface area contributed by atoms with Crippen LogP contribution >= 0.6 is 0 Å². The van der Waals surface area contributed by atoms with Gasteiger partial charge >= 0.3 is 11.8 Å². The van der Waals surface area contributed by atoms with Gasteiger partial charge in [0.05, 0.1) is 67.6 Å². The van der Waals surface area contributed by atoms with E-state index in [4.69, 9.17) is 4.74 Å². The number of piperidine rings is 1. The van der Waals surface area contributed by atoms with Crippen LogP contribution in [-0.4, -0.2) is 115 Å². The number of halogens is 6. The molecule has 0 radical (unpaired) electrons. The lowest BCUT2D eigenvalue weighted by Gasteiger charge is -2.46. The summed E-state index contributed by atoms with van der Waals surface area (Å²) in [5.41, 5.74) is -1.06. The molecule has 0 unspecified atom stereocenters. The summed E-state index contributed by atoms with van der Waals surface area (Å²) in [6, 6.07) is -0.736. The normalized spacial score (nSPS) is 24.8. The predicted octanol–water partition coefficient (Wildman–Crippen LogP) is 2.96. The number of rotatable bonds is 7.